The van der Waals surface area contributed by atoms with Gasteiger partial charge in [-0.15, -0.1) is 11.3 Å². The first kappa shape index (κ1) is 9.74. The predicted molar refractivity (Wildman–Crippen MR) is 54.9 cm³/mol. The average molecular weight is 194 g/mol. The molecule has 1 aromatic heterocycles. The van der Waals surface area contributed by atoms with Crippen LogP contribution in [0.1, 0.15) is 0 Å². The van der Waals surface area contributed by atoms with Gasteiger partial charge in [0.05, 0.1) is 7.11 Å². The van der Waals surface area contributed by atoms with Gasteiger partial charge in [0, 0.05) is 4.70 Å². The summed E-state index contributed by atoms with van der Waals surface area (Å²) in [5.74, 6) is 0. The molecule has 3 heteroatoms. The van der Waals surface area contributed by atoms with Gasteiger partial charge in [-0.3, -0.25) is 4.79 Å². The van der Waals surface area contributed by atoms with Crippen LogP contribution in [0.5, 0.6) is 0 Å². The Labute approximate surface area is 80.8 Å². The number of hydrogen-bond acceptors (Lipinski definition) is 3. The number of thiophene rings is 1. The molecular weight excluding hydrogens is 184 g/mol. The molecule has 0 atom stereocenters. The lowest BCUT2D eigenvalue weighted by Gasteiger charge is -1.82. The first-order valence-corrected chi connectivity index (χ1v) is 4.65. The Balaban J connectivity index is 0.000000184. The normalized spacial score (nSPS) is 8.69. The second-order valence-corrected chi connectivity index (χ2v) is 3.24. The van der Waals surface area contributed by atoms with Crippen LogP contribution in [0.15, 0.2) is 35.7 Å². The first-order chi connectivity index (χ1) is 6.38. The van der Waals surface area contributed by atoms with Crippen molar-refractivity contribution in [2.24, 2.45) is 0 Å². The molecule has 0 bridgehead atoms. The van der Waals surface area contributed by atoms with Crippen LogP contribution in [-0.4, -0.2) is 13.6 Å². The summed E-state index contributed by atoms with van der Waals surface area (Å²) in [4.78, 5) is 8.95. The molecule has 1 heterocycles. The van der Waals surface area contributed by atoms with Crippen LogP contribution in [-0.2, 0) is 9.53 Å². The van der Waals surface area contributed by atoms with Crippen molar-refractivity contribution >= 4 is 27.9 Å². The number of benzene rings is 1. The maximum absolute atomic E-state index is 8.95. The lowest BCUT2D eigenvalue weighted by molar-refractivity contribution is -0.126. The van der Waals surface area contributed by atoms with E-state index < -0.39 is 0 Å². The molecule has 0 spiro atoms. The molecule has 13 heavy (non-hydrogen) atoms. The van der Waals surface area contributed by atoms with Crippen LogP contribution in [0, 0.1) is 0 Å². The van der Waals surface area contributed by atoms with Gasteiger partial charge in [0.25, 0.3) is 6.47 Å². The van der Waals surface area contributed by atoms with E-state index >= 15 is 0 Å². The summed E-state index contributed by atoms with van der Waals surface area (Å²) in [5.41, 5.74) is 0. The van der Waals surface area contributed by atoms with Gasteiger partial charge in [0.1, 0.15) is 0 Å². The highest BCUT2D eigenvalue weighted by Crippen LogP contribution is 2.18. The number of ether oxygens (including phenoxy) is 1. The third-order valence-corrected chi connectivity index (χ3v) is 2.36. The predicted octanol–water partition coefficient (Wildman–Crippen LogP) is 2.69. The summed E-state index contributed by atoms with van der Waals surface area (Å²) in [5, 5.41) is 3.47. The monoisotopic (exact) mass is 194 g/mol. The van der Waals surface area contributed by atoms with Crippen LogP contribution in [0.4, 0.5) is 0 Å². The molecule has 1 aromatic carbocycles. The average Bonchev–Trinajstić information content (AvgIpc) is 2.66. The Morgan fingerprint density at radius 1 is 1.31 bits per heavy atom. The number of carbonyl (C=O) groups excluding carboxylic acids is 1. The molecule has 0 amide bonds. The van der Waals surface area contributed by atoms with Crippen molar-refractivity contribution in [1.82, 2.24) is 0 Å². The van der Waals surface area contributed by atoms with Crippen molar-refractivity contribution in [1.29, 1.82) is 0 Å². The molecule has 0 N–H and O–H groups in total. The number of carbonyl (C=O) groups is 1. The molecule has 0 aliphatic heterocycles. The Morgan fingerprint density at radius 3 is 2.62 bits per heavy atom. The van der Waals surface area contributed by atoms with E-state index in [-0.39, 0.29) is 0 Å². The third-order valence-electron chi connectivity index (χ3n) is 1.46. The molecule has 0 saturated heterocycles. The second-order valence-electron chi connectivity index (χ2n) is 2.29. The zero-order chi connectivity index (χ0) is 9.52. The van der Waals surface area contributed by atoms with Gasteiger partial charge in [0.15, 0.2) is 0 Å². The largest absolute Gasteiger partial charge is 0.471 e. The molecule has 2 rings (SSSR count). The smallest absolute Gasteiger partial charge is 0.292 e. The molecule has 68 valence electrons. The summed E-state index contributed by atoms with van der Waals surface area (Å²) in [7, 11) is 1.31. The molecule has 0 aliphatic carbocycles. The summed E-state index contributed by atoms with van der Waals surface area (Å²) in [6.45, 7) is 0.375. The molecule has 0 aliphatic rings. The van der Waals surface area contributed by atoms with Crippen LogP contribution < -0.4 is 0 Å². The molecule has 2 nitrogen and oxygen atoms in total. The van der Waals surface area contributed by atoms with E-state index in [1.54, 1.807) is 11.3 Å². The van der Waals surface area contributed by atoms with Gasteiger partial charge in [-0.25, -0.2) is 0 Å². The zero-order valence-electron chi connectivity index (χ0n) is 7.27. The SMILES string of the molecule is COC=O.c1ccc2sccc2c1. The van der Waals surface area contributed by atoms with Crippen LogP contribution in [0.2, 0.25) is 0 Å². The number of rotatable bonds is 1. The Morgan fingerprint density at radius 2 is 2.00 bits per heavy atom. The number of hydrogen-bond donors (Lipinski definition) is 0. The maximum Gasteiger partial charge on any atom is 0.292 e. The van der Waals surface area contributed by atoms with Crippen molar-refractivity contribution in [2.45, 2.75) is 0 Å². The summed E-state index contributed by atoms with van der Waals surface area (Å²) < 4.78 is 5.23. The quantitative estimate of drug-likeness (QED) is 0.652. The van der Waals surface area contributed by atoms with E-state index in [0.717, 1.165) is 0 Å². The highest BCUT2D eigenvalue weighted by Gasteiger charge is 1.87. The number of methoxy groups -OCH3 is 1. The fourth-order valence-corrected chi connectivity index (χ4v) is 1.70. The van der Waals surface area contributed by atoms with Crippen molar-refractivity contribution in [3.8, 4) is 0 Å². The summed E-state index contributed by atoms with van der Waals surface area (Å²) >= 11 is 1.79. The highest BCUT2D eigenvalue weighted by molar-refractivity contribution is 7.17. The summed E-state index contributed by atoms with van der Waals surface area (Å²) in [6, 6.07) is 10.5. The zero-order valence-corrected chi connectivity index (χ0v) is 8.08. The van der Waals surface area contributed by atoms with E-state index in [9.17, 15) is 0 Å². The summed E-state index contributed by atoms with van der Waals surface area (Å²) in [6.07, 6.45) is 0. The standard InChI is InChI=1S/C8H6S.C2H4O2/c1-2-4-8-7(3-1)5-6-9-8;1-4-2-3/h1-6H;2H,1H3. The minimum absolute atomic E-state index is 0.375. The Bertz CT molecular complexity index is 337. The van der Waals surface area contributed by atoms with Crippen LogP contribution in [0.3, 0.4) is 0 Å². The van der Waals surface area contributed by atoms with Crippen LogP contribution >= 0.6 is 11.3 Å². The minimum Gasteiger partial charge on any atom is -0.471 e. The minimum atomic E-state index is 0.375. The van der Waals surface area contributed by atoms with E-state index in [0.29, 0.717) is 6.47 Å². The lowest BCUT2D eigenvalue weighted by atomic mass is 10.3. The van der Waals surface area contributed by atoms with E-state index in [4.69, 9.17) is 4.79 Å². The Hall–Kier alpha value is -1.35. The maximum atomic E-state index is 8.95. The highest BCUT2D eigenvalue weighted by atomic mass is 32.1. The van der Waals surface area contributed by atoms with E-state index in [1.165, 1.54) is 17.2 Å². The van der Waals surface area contributed by atoms with Gasteiger partial charge in [-0.2, -0.15) is 0 Å². The molecule has 0 fully saturated rings. The van der Waals surface area contributed by atoms with Crippen LogP contribution in [0.25, 0.3) is 10.1 Å². The van der Waals surface area contributed by atoms with E-state index in [1.807, 2.05) is 0 Å². The van der Waals surface area contributed by atoms with Crippen molar-refractivity contribution < 1.29 is 9.53 Å². The van der Waals surface area contributed by atoms with Crippen molar-refractivity contribution in [3.05, 3.63) is 35.7 Å². The lowest BCUT2D eigenvalue weighted by Crippen LogP contribution is -1.68. The van der Waals surface area contributed by atoms with E-state index in [2.05, 4.69) is 40.4 Å². The third kappa shape index (κ3) is 2.87. The van der Waals surface area contributed by atoms with Gasteiger partial charge in [-0.05, 0) is 22.9 Å². The van der Waals surface area contributed by atoms with Gasteiger partial charge in [-0.1, -0.05) is 18.2 Å². The second kappa shape index (κ2) is 5.32. The first-order valence-electron chi connectivity index (χ1n) is 3.77. The molecular formula is C10H10O2S. The van der Waals surface area contributed by atoms with Gasteiger partial charge in [0.2, 0.25) is 0 Å². The Kier molecular flexibility index (Phi) is 3.99. The topological polar surface area (TPSA) is 26.3 Å². The molecule has 0 saturated carbocycles. The van der Waals surface area contributed by atoms with Gasteiger partial charge >= 0.3 is 0 Å². The fraction of sp³-hybridized carbons (Fsp3) is 0.100. The molecule has 0 radical (unpaired) electrons. The molecule has 0 unspecified atom stereocenters. The molecule has 2 aromatic rings. The fourth-order valence-electron chi connectivity index (χ4n) is 0.906. The van der Waals surface area contributed by atoms with Gasteiger partial charge < -0.3 is 4.74 Å². The number of fused-ring (bicyclic) bond motifs is 1. The van der Waals surface area contributed by atoms with Crippen molar-refractivity contribution in [2.75, 3.05) is 7.11 Å². The van der Waals surface area contributed by atoms with Crippen molar-refractivity contribution in [3.63, 3.8) is 0 Å².